The summed E-state index contributed by atoms with van der Waals surface area (Å²) in [6.45, 7) is 5.43. The fourth-order valence-electron chi connectivity index (χ4n) is 4.19. The van der Waals surface area contributed by atoms with Crippen molar-refractivity contribution in [3.63, 3.8) is 0 Å². The Morgan fingerprint density at radius 1 is 1.32 bits per heavy atom. The van der Waals surface area contributed by atoms with Gasteiger partial charge in [-0.15, -0.1) is 11.3 Å². The summed E-state index contributed by atoms with van der Waals surface area (Å²) in [6.07, 6.45) is 5.85. The van der Waals surface area contributed by atoms with Crippen LogP contribution in [0.3, 0.4) is 0 Å². The zero-order valence-corrected chi connectivity index (χ0v) is 19.7. The fraction of sp³-hybridized carbons (Fsp3) is 0.739. The summed E-state index contributed by atoms with van der Waals surface area (Å²) in [5, 5.41) is 12.5. The molecule has 7 nitrogen and oxygen atoms in total. The third kappa shape index (κ3) is 6.20. The number of alkyl carbamates (subject to hydrolysis) is 1. The predicted octanol–water partition coefficient (Wildman–Crippen LogP) is 3.75. The summed E-state index contributed by atoms with van der Waals surface area (Å²) >= 11 is 1.70. The number of rotatable bonds is 10. The van der Waals surface area contributed by atoms with Crippen molar-refractivity contribution in [3.05, 3.63) is 21.4 Å². The molecule has 1 aliphatic heterocycles. The van der Waals surface area contributed by atoms with Gasteiger partial charge in [0.2, 0.25) is 0 Å². The molecule has 0 radical (unpaired) electrons. The average Bonchev–Trinajstić information content (AvgIpc) is 3.54. The zero-order chi connectivity index (χ0) is 22.4. The Bertz CT molecular complexity index is 742. The molecular weight excluding hydrogens is 416 g/mol. The van der Waals surface area contributed by atoms with E-state index in [4.69, 9.17) is 4.74 Å². The number of nitrogens with zero attached hydrogens (tertiary/aromatic N) is 1. The molecule has 2 N–H and O–H groups in total. The second-order valence-corrected chi connectivity index (χ2v) is 9.77. The quantitative estimate of drug-likeness (QED) is 0.528. The summed E-state index contributed by atoms with van der Waals surface area (Å²) in [5.41, 5.74) is 1.19. The molecule has 2 fully saturated rings. The van der Waals surface area contributed by atoms with Gasteiger partial charge < -0.3 is 24.8 Å². The molecule has 2 unspecified atom stereocenters. The minimum absolute atomic E-state index is 0.0119. The number of carbonyl (C=O) groups excluding carboxylic acids is 2. The van der Waals surface area contributed by atoms with Crippen LogP contribution in [0.25, 0.3) is 0 Å². The van der Waals surface area contributed by atoms with E-state index in [9.17, 15) is 14.7 Å². The van der Waals surface area contributed by atoms with Gasteiger partial charge in [-0.25, -0.2) is 4.79 Å². The first-order chi connectivity index (χ1) is 15.0. The fourth-order valence-corrected chi connectivity index (χ4v) is 5.49. The van der Waals surface area contributed by atoms with Crippen LogP contribution in [0.5, 0.6) is 0 Å². The van der Waals surface area contributed by atoms with Gasteiger partial charge in [-0.1, -0.05) is 6.92 Å². The van der Waals surface area contributed by atoms with E-state index in [1.54, 1.807) is 11.3 Å². The molecule has 3 rings (SSSR count). The molecule has 1 aromatic heterocycles. The minimum Gasteiger partial charge on any atom is -0.453 e. The van der Waals surface area contributed by atoms with Crippen molar-refractivity contribution in [2.45, 2.75) is 82.9 Å². The van der Waals surface area contributed by atoms with Crippen molar-refractivity contribution in [2.24, 2.45) is 0 Å². The maximum absolute atomic E-state index is 13.3. The van der Waals surface area contributed by atoms with E-state index >= 15 is 0 Å². The van der Waals surface area contributed by atoms with Crippen LogP contribution in [0.15, 0.2) is 6.07 Å². The van der Waals surface area contributed by atoms with Gasteiger partial charge in [-0.2, -0.15) is 0 Å². The molecule has 1 aliphatic carbocycles. The van der Waals surface area contributed by atoms with Gasteiger partial charge >= 0.3 is 6.09 Å². The summed E-state index contributed by atoms with van der Waals surface area (Å²) in [7, 11) is 1.36. The standard InChI is InChI=1S/C23H36N2O5S/c1-15(14-26)21-17(7-6-11-24-23(28)29-3)13-20(31-21)16(2)25(18-9-10-18)22(27)19-8-4-5-12-30-19/h13,15-16,18-19,26H,4-12,14H2,1-3H3,(H,24,28)/t15?,16?,19-/m1/s1. The summed E-state index contributed by atoms with van der Waals surface area (Å²) in [6, 6.07) is 2.49. The molecule has 1 saturated carbocycles. The molecule has 3 atom stereocenters. The number of ether oxygens (including phenoxy) is 2. The Morgan fingerprint density at radius 2 is 2.10 bits per heavy atom. The van der Waals surface area contributed by atoms with E-state index in [-0.39, 0.29) is 30.6 Å². The summed E-state index contributed by atoms with van der Waals surface area (Å²) < 4.78 is 10.4. The molecular formula is C23H36N2O5S. The number of hydrogen-bond donors (Lipinski definition) is 2. The highest BCUT2D eigenvalue weighted by atomic mass is 32.1. The van der Waals surface area contributed by atoms with Gasteiger partial charge in [-0.05, 0) is 63.5 Å². The number of aryl methyl sites for hydroxylation is 1. The van der Waals surface area contributed by atoms with Crippen molar-refractivity contribution in [3.8, 4) is 0 Å². The third-order valence-electron chi connectivity index (χ3n) is 6.14. The molecule has 8 heteroatoms. The van der Waals surface area contributed by atoms with Gasteiger partial charge in [0.15, 0.2) is 0 Å². The van der Waals surface area contributed by atoms with Crippen molar-refractivity contribution in [2.75, 3.05) is 26.9 Å². The van der Waals surface area contributed by atoms with Crippen molar-refractivity contribution in [1.82, 2.24) is 10.2 Å². The van der Waals surface area contributed by atoms with Crippen LogP contribution in [0.4, 0.5) is 4.79 Å². The number of nitrogens with one attached hydrogen (secondary N) is 1. The number of amides is 2. The monoisotopic (exact) mass is 452 g/mol. The lowest BCUT2D eigenvalue weighted by Gasteiger charge is -2.33. The number of hydrogen-bond acceptors (Lipinski definition) is 6. The highest BCUT2D eigenvalue weighted by Gasteiger charge is 2.40. The SMILES string of the molecule is COC(=O)NCCCc1cc(C(C)N(C(=O)[C@H]2CCCCO2)C2CC2)sc1C(C)CO. The van der Waals surface area contributed by atoms with Crippen LogP contribution in [-0.2, 0) is 20.7 Å². The first kappa shape index (κ1) is 24.0. The van der Waals surface area contributed by atoms with Gasteiger partial charge in [0.05, 0.1) is 19.8 Å². The van der Waals surface area contributed by atoms with E-state index in [0.717, 1.165) is 49.8 Å². The first-order valence-corrected chi connectivity index (χ1v) is 12.3. The number of aliphatic hydroxyl groups is 1. The number of carbonyl (C=O) groups is 2. The molecule has 1 saturated heterocycles. The number of thiophene rings is 1. The van der Waals surface area contributed by atoms with E-state index in [1.807, 2.05) is 6.92 Å². The van der Waals surface area contributed by atoms with Crippen LogP contribution in [0.2, 0.25) is 0 Å². The maximum Gasteiger partial charge on any atom is 0.406 e. The topological polar surface area (TPSA) is 88.1 Å². The molecule has 0 aromatic carbocycles. The third-order valence-corrected chi connectivity index (χ3v) is 7.72. The summed E-state index contributed by atoms with van der Waals surface area (Å²) in [5.74, 6) is 0.171. The second-order valence-electron chi connectivity index (χ2n) is 8.65. The van der Waals surface area contributed by atoms with E-state index in [1.165, 1.54) is 17.6 Å². The molecule has 2 aliphatic rings. The molecule has 1 aromatic rings. The van der Waals surface area contributed by atoms with E-state index in [2.05, 4.69) is 27.9 Å². The average molecular weight is 453 g/mol. The van der Waals surface area contributed by atoms with E-state index < -0.39 is 6.09 Å². The lowest BCUT2D eigenvalue weighted by Crippen LogP contribution is -2.44. The number of aliphatic hydroxyl groups excluding tert-OH is 1. The predicted molar refractivity (Wildman–Crippen MR) is 120 cm³/mol. The summed E-state index contributed by atoms with van der Waals surface area (Å²) in [4.78, 5) is 28.9. The van der Waals surface area contributed by atoms with Gasteiger partial charge in [0, 0.05) is 34.9 Å². The van der Waals surface area contributed by atoms with Crippen molar-refractivity contribution >= 4 is 23.3 Å². The van der Waals surface area contributed by atoms with Crippen LogP contribution < -0.4 is 5.32 Å². The largest absolute Gasteiger partial charge is 0.453 e. The molecule has 2 amide bonds. The highest BCUT2D eigenvalue weighted by Crippen LogP contribution is 2.40. The van der Waals surface area contributed by atoms with Crippen LogP contribution in [0, 0.1) is 0 Å². The first-order valence-electron chi connectivity index (χ1n) is 11.4. The van der Waals surface area contributed by atoms with Crippen LogP contribution in [0.1, 0.15) is 79.6 Å². The maximum atomic E-state index is 13.3. The molecule has 174 valence electrons. The minimum atomic E-state index is -0.424. The molecule has 31 heavy (non-hydrogen) atoms. The molecule has 0 bridgehead atoms. The van der Waals surface area contributed by atoms with E-state index in [0.29, 0.717) is 19.2 Å². The van der Waals surface area contributed by atoms with Crippen molar-refractivity contribution < 1.29 is 24.2 Å². The molecule has 2 heterocycles. The van der Waals surface area contributed by atoms with Crippen LogP contribution in [-0.4, -0.2) is 61.0 Å². The Kier molecular flexibility index (Phi) is 8.75. The Hall–Kier alpha value is -1.64. The molecule has 0 spiro atoms. The Balaban J connectivity index is 1.73. The van der Waals surface area contributed by atoms with Gasteiger partial charge in [-0.3, -0.25) is 4.79 Å². The van der Waals surface area contributed by atoms with Gasteiger partial charge in [0.25, 0.3) is 5.91 Å². The lowest BCUT2D eigenvalue weighted by atomic mass is 10.0. The smallest absolute Gasteiger partial charge is 0.406 e. The van der Waals surface area contributed by atoms with Crippen molar-refractivity contribution in [1.29, 1.82) is 0 Å². The highest BCUT2D eigenvalue weighted by molar-refractivity contribution is 7.12. The Labute approximate surface area is 189 Å². The Morgan fingerprint density at radius 3 is 2.71 bits per heavy atom. The lowest BCUT2D eigenvalue weighted by molar-refractivity contribution is -0.149. The normalized spacial score (nSPS) is 20.7. The van der Waals surface area contributed by atoms with Crippen LogP contribution >= 0.6 is 11.3 Å². The zero-order valence-electron chi connectivity index (χ0n) is 18.9. The van der Waals surface area contributed by atoms with Gasteiger partial charge in [0.1, 0.15) is 6.10 Å². The number of methoxy groups -OCH3 is 1. The second kappa shape index (κ2) is 11.3.